The van der Waals surface area contributed by atoms with Crippen LogP contribution >= 0.6 is 23.1 Å². The van der Waals surface area contributed by atoms with E-state index in [0.717, 1.165) is 23.1 Å². The topological polar surface area (TPSA) is 114 Å². The molecule has 35 heavy (non-hydrogen) atoms. The zero-order valence-electron chi connectivity index (χ0n) is 17.2. The van der Waals surface area contributed by atoms with Crippen LogP contribution in [0.1, 0.15) is 4.88 Å². The van der Waals surface area contributed by atoms with E-state index in [1.54, 1.807) is 30.3 Å². The van der Waals surface area contributed by atoms with Gasteiger partial charge in [0.25, 0.3) is 0 Å². The Morgan fingerprint density at radius 1 is 0.971 bits per heavy atom. The second-order valence-corrected chi connectivity index (χ2v) is 9.00. The van der Waals surface area contributed by atoms with Gasteiger partial charge in [-0.05, 0) is 36.4 Å². The SMILES string of the molecule is O=C(O)/C(=C/c1ccc(-c2ccc(-c3cc4ccc(O)cc4oc3=O)c3nsnc23)s1)C(F)(F)F. The summed E-state index contributed by atoms with van der Waals surface area (Å²) in [6.07, 6.45) is -4.41. The second kappa shape index (κ2) is 8.32. The molecule has 3 aromatic heterocycles. The third-order valence-electron chi connectivity index (χ3n) is 5.14. The fraction of sp³-hybridized carbons (Fsp3) is 0.0435. The number of alkyl halides is 3. The number of phenols is 1. The minimum absolute atomic E-state index is 0.0419. The van der Waals surface area contributed by atoms with E-state index in [0.29, 0.717) is 38.5 Å². The van der Waals surface area contributed by atoms with Crippen LogP contribution in [0.15, 0.2) is 63.3 Å². The van der Waals surface area contributed by atoms with Crippen molar-refractivity contribution in [1.29, 1.82) is 0 Å². The maximum atomic E-state index is 13.0. The predicted octanol–water partition coefficient (Wildman–Crippen LogP) is 5.93. The third-order valence-corrected chi connectivity index (χ3v) is 6.73. The number of benzene rings is 2. The number of carboxylic acid groups (broad SMARTS) is 1. The Kier molecular flexibility index (Phi) is 5.41. The van der Waals surface area contributed by atoms with E-state index in [1.807, 2.05) is 0 Å². The van der Waals surface area contributed by atoms with E-state index in [1.165, 1.54) is 18.2 Å². The maximum Gasteiger partial charge on any atom is 0.423 e. The lowest BCUT2D eigenvalue weighted by Crippen LogP contribution is -2.19. The summed E-state index contributed by atoms with van der Waals surface area (Å²) in [5.41, 5.74) is 0.0268. The molecule has 0 spiro atoms. The molecule has 0 amide bonds. The molecular weight excluding hydrogens is 505 g/mol. The Hall–Kier alpha value is -4.03. The normalized spacial score (nSPS) is 12.5. The fourth-order valence-electron chi connectivity index (χ4n) is 3.55. The molecule has 5 aromatic rings. The number of halogens is 3. The molecule has 7 nitrogen and oxygen atoms in total. The highest BCUT2D eigenvalue weighted by molar-refractivity contribution is 7.16. The van der Waals surface area contributed by atoms with Crippen molar-refractivity contribution < 1.29 is 32.6 Å². The van der Waals surface area contributed by atoms with Crippen LogP contribution in [0.2, 0.25) is 0 Å². The van der Waals surface area contributed by atoms with Gasteiger partial charge in [0.1, 0.15) is 27.9 Å². The first-order valence-corrected chi connectivity index (χ1v) is 11.3. The predicted molar refractivity (Wildman–Crippen MR) is 126 cm³/mol. The Balaban J connectivity index is 1.61. The van der Waals surface area contributed by atoms with Crippen molar-refractivity contribution in [3.8, 4) is 27.3 Å². The summed E-state index contributed by atoms with van der Waals surface area (Å²) < 4.78 is 53.0. The lowest BCUT2D eigenvalue weighted by atomic mass is 10.0. The number of carbonyl (C=O) groups is 1. The Morgan fingerprint density at radius 2 is 1.69 bits per heavy atom. The molecule has 0 fully saturated rings. The van der Waals surface area contributed by atoms with E-state index < -0.39 is 23.3 Å². The average Bonchev–Trinajstić information content (AvgIpc) is 3.45. The highest BCUT2D eigenvalue weighted by Gasteiger charge is 2.38. The summed E-state index contributed by atoms with van der Waals surface area (Å²) >= 11 is 1.87. The summed E-state index contributed by atoms with van der Waals surface area (Å²) in [5.74, 6) is -2.10. The minimum Gasteiger partial charge on any atom is -0.508 e. The second-order valence-electron chi connectivity index (χ2n) is 7.35. The van der Waals surface area contributed by atoms with Crippen LogP contribution in [0.3, 0.4) is 0 Å². The molecule has 2 N–H and O–H groups in total. The van der Waals surface area contributed by atoms with Crippen LogP contribution in [0.25, 0.3) is 49.6 Å². The van der Waals surface area contributed by atoms with E-state index in [2.05, 4.69) is 8.75 Å². The van der Waals surface area contributed by atoms with Gasteiger partial charge in [-0.15, -0.1) is 11.3 Å². The quantitative estimate of drug-likeness (QED) is 0.225. The van der Waals surface area contributed by atoms with Crippen molar-refractivity contribution in [2.24, 2.45) is 0 Å². The van der Waals surface area contributed by atoms with Crippen molar-refractivity contribution >= 4 is 57.1 Å². The van der Waals surface area contributed by atoms with Gasteiger partial charge in [-0.3, -0.25) is 0 Å². The molecule has 0 saturated heterocycles. The summed E-state index contributed by atoms with van der Waals surface area (Å²) in [6.45, 7) is 0. The Morgan fingerprint density at radius 3 is 2.40 bits per heavy atom. The van der Waals surface area contributed by atoms with Gasteiger partial charge in [0, 0.05) is 32.3 Å². The van der Waals surface area contributed by atoms with Gasteiger partial charge in [0.05, 0.1) is 17.3 Å². The zero-order valence-corrected chi connectivity index (χ0v) is 18.8. The number of aliphatic carboxylic acids is 1. The molecule has 5 rings (SSSR count). The van der Waals surface area contributed by atoms with E-state index >= 15 is 0 Å². The van der Waals surface area contributed by atoms with Crippen LogP contribution < -0.4 is 5.63 Å². The van der Waals surface area contributed by atoms with Crippen LogP contribution in [-0.4, -0.2) is 31.1 Å². The summed E-state index contributed by atoms with van der Waals surface area (Å²) in [6, 6.07) is 12.3. The molecule has 0 aliphatic heterocycles. The lowest BCUT2D eigenvalue weighted by molar-refractivity contribution is -0.144. The number of aromatic nitrogens is 2. The molecule has 0 saturated carbocycles. The number of thiophene rings is 1. The van der Waals surface area contributed by atoms with Crippen molar-refractivity contribution in [1.82, 2.24) is 8.75 Å². The summed E-state index contributed by atoms with van der Waals surface area (Å²) in [4.78, 5) is 24.3. The molecule has 0 radical (unpaired) electrons. The largest absolute Gasteiger partial charge is 0.508 e. The van der Waals surface area contributed by atoms with E-state index in [4.69, 9.17) is 9.52 Å². The molecule has 0 aliphatic carbocycles. The highest BCUT2D eigenvalue weighted by atomic mass is 32.1. The van der Waals surface area contributed by atoms with Gasteiger partial charge in [-0.1, -0.05) is 12.1 Å². The molecule has 0 aliphatic rings. The molecular formula is C23H11F3N2O5S2. The highest BCUT2D eigenvalue weighted by Crippen LogP contribution is 2.38. The van der Waals surface area contributed by atoms with Crippen molar-refractivity contribution in [2.45, 2.75) is 6.18 Å². The maximum absolute atomic E-state index is 13.0. The van der Waals surface area contributed by atoms with Crippen LogP contribution in [-0.2, 0) is 4.79 Å². The van der Waals surface area contributed by atoms with Gasteiger partial charge in [0.2, 0.25) is 0 Å². The number of aromatic hydroxyl groups is 1. The molecule has 0 bridgehead atoms. The molecule has 3 heterocycles. The van der Waals surface area contributed by atoms with Gasteiger partial charge in [-0.2, -0.15) is 21.9 Å². The average molecular weight is 516 g/mol. The van der Waals surface area contributed by atoms with Gasteiger partial charge in [0.15, 0.2) is 0 Å². The van der Waals surface area contributed by atoms with Crippen LogP contribution in [0.5, 0.6) is 5.75 Å². The number of rotatable bonds is 4. The van der Waals surface area contributed by atoms with Crippen molar-refractivity contribution in [3.05, 3.63) is 69.4 Å². The number of hydrogen-bond donors (Lipinski definition) is 2. The van der Waals surface area contributed by atoms with Crippen LogP contribution in [0, 0.1) is 0 Å². The third kappa shape index (κ3) is 4.17. The van der Waals surface area contributed by atoms with Gasteiger partial charge < -0.3 is 14.6 Å². The number of fused-ring (bicyclic) bond motifs is 2. The van der Waals surface area contributed by atoms with Crippen molar-refractivity contribution in [3.63, 3.8) is 0 Å². The summed E-state index contributed by atoms with van der Waals surface area (Å²) in [5, 5.41) is 19.1. The van der Waals surface area contributed by atoms with E-state index in [9.17, 15) is 27.9 Å². The van der Waals surface area contributed by atoms with E-state index in [-0.39, 0.29) is 21.8 Å². The molecule has 0 unspecified atom stereocenters. The molecule has 0 atom stereocenters. The minimum atomic E-state index is -5.00. The van der Waals surface area contributed by atoms with Crippen LogP contribution in [0.4, 0.5) is 13.2 Å². The number of carboxylic acids is 1. The fourth-order valence-corrected chi connectivity index (χ4v) is 5.10. The summed E-state index contributed by atoms with van der Waals surface area (Å²) in [7, 11) is 0. The first kappa shape index (κ1) is 22.7. The number of phenolic OH excluding ortho intramolecular Hbond substituents is 1. The molecule has 176 valence electrons. The number of hydrogen-bond acceptors (Lipinski definition) is 8. The standard InChI is InChI=1S/C23H11F3N2O5S2/c24-23(25,26)16(21(30)31)9-12-3-6-18(34-12)14-5-4-13(19-20(14)28-35-27-19)15-7-10-1-2-11(29)8-17(10)33-22(15)32/h1-9,29H,(H,30,31)/b16-9-. The molecule has 12 heteroatoms. The zero-order chi connectivity index (χ0) is 24.9. The number of nitrogens with zero attached hydrogens (tertiary/aromatic N) is 2. The Labute approximate surface area is 201 Å². The monoisotopic (exact) mass is 516 g/mol. The lowest BCUT2D eigenvalue weighted by Gasteiger charge is -2.06. The molecule has 2 aromatic carbocycles. The van der Waals surface area contributed by atoms with Crippen molar-refractivity contribution in [2.75, 3.05) is 0 Å². The first-order valence-electron chi connectivity index (χ1n) is 9.77. The van der Waals surface area contributed by atoms with Gasteiger partial charge >= 0.3 is 17.8 Å². The smallest absolute Gasteiger partial charge is 0.423 e. The first-order chi connectivity index (χ1) is 16.6. The Bertz CT molecular complexity index is 1720. The van der Waals surface area contributed by atoms with Gasteiger partial charge in [-0.25, -0.2) is 9.59 Å².